The molecule has 1 heteroatoms. The second kappa shape index (κ2) is 11.9. The van der Waals surface area contributed by atoms with Gasteiger partial charge >= 0.3 is 0 Å². The van der Waals surface area contributed by atoms with Crippen molar-refractivity contribution >= 4 is 0 Å². The minimum atomic E-state index is 0.0867. The Hall–Kier alpha value is -2.28. The highest BCUT2D eigenvalue weighted by atomic mass is 14.9. The summed E-state index contributed by atoms with van der Waals surface area (Å²) in [6.45, 7) is 34.1. The number of hydrogen-bond donors (Lipinski definition) is 1. The van der Waals surface area contributed by atoms with Crippen molar-refractivity contribution in [3.63, 3.8) is 0 Å². The zero-order valence-corrected chi connectivity index (χ0v) is 21.0. The number of hydrogen-bond acceptors (Lipinski definition) is 1. The Labute approximate surface area is 192 Å². The highest BCUT2D eigenvalue weighted by Crippen LogP contribution is 2.50. The van der Waals surface area contributed by atoms with Crippen LogP contribution in [0.5, 0.6) is 0 Å². The number of rotatable bonds is 13. The van der Waals surface area contributed by atoms with Crippen molar-refractivity contribution < 1.29 is 0 Å². The van der Waals surface area contributed by atoms with Gasteiger partial charge in [0.25, 0.3) is 0 Å². The number of allylic oxidation sites excluding steroid dienone is 8. The van der Waals surface area contributed by atoms with Gasteiger partial charge in [-0.05, 0) is 75.5 Å². The predicted molar refractivity (Wildman–Crippen MR) is 141 cm³/mol. The van der Waals surface area contributed by atoms with E-state index in [9.17, 15) is 0 Å². The van der Waals surface area contributed by atoms with Gasteiger partial charge in [0.1, 0.15) is 0 Å². The van der Waals surface area contributed by atoms with Crippen molar-refractivity contribution in [2.24, 2.45) is 17.3 Å². The first-order valence-corrected chi connectivity index (χ1v) is 11.5. The molecule has 1 aliphatic rings. The van der Waals surface area contributed by atoms with Crippen LogP contribution in [0.1, 0.15) is 67.2 Å². The highest BCUT2D eigenvalue weighted by molar-refractivity contribution is 5.46. The third-order valence-corrected chi connectivity index (χ3v) is 6.95. The maximum atomic E-state index is 4.35. The van der Waals surface area contributed by atoms with E-state index in [-0.39, 0.29) is 11.5 Å². The summed E-state index contributed by atoms with van der Waals surface area (Å²) in [5, 5.41) is 3.63. The molecule has 0 radical (unpaired) electrons. The molecule has 0 saturated carbocycles. The van der Waals surface area contributed by atoms with Gasteiger partial charge in [0, 0.05) is 17.2 Å². The van der Waals surface area contributed by atoms with Crippen LogP contribution in [0.3, 0.4) is 0 Å². The molecule has 3 atom stereocenters. The van der Waals surface area contributed by atoms with Gasteiger partial charge in [-0.2, -0.15) is 0 Å². The summed E-state index contributed by atoms with van der Waals surface area (Å²) in [7, 11) is 0. The Bertz CT molecular complexity index is 798. The van der Waals surface area contributed by atoms with Crippen LogP contribution in [-0.2, 0) is 0 Å². The van der Waals surface area contributed by atoms with E-state index in [2.05, 4.69) is 91.9 Å². The topological polar surface area (TPSA) is 12.0 Å². The minimum absolute atomic E-state index is 0.0867. The molecule has 1 N–H and O–H groups in total. The van der Waals surface area contributed by atoms with Crippen molar-refractivity contribution in [3.05, 3.63) is 96.8 Å². The van der Waals surface area contributed by atoms with Crippen LogP contribution in [0.25, 0.3) is 0 Å². The third-order valence-electron chi connectivity index (χ3n) is 6.95. The molecule has 170 valence electrons. The number of nitrogens with one attached hydrogen (secondary N) is 1. The first-order valence-electron chi connectivity index (χ1n) is 11.5. The fourth-order valence-electron chi connectivity index (χ4n) is 4.16. The molecule has 0 spiro atoms. The van der Waals surface area contributed by atoms with Crippen LogP contribution in [0, 0.1) is 17.3 Å². The van der Waals surface area contributed by atoms with E-state index in [1.165, 1.54) is 16.7 Å². The summed E-state index contributed by atoms with van der Waals surface area (Å²) in [6, 6.07) is 0.213. The normalized spacial score (nSPS) is 21.3. The largest absolute Gasteiger partial charge is 0.379 e. The maximum absolute atomic E-state index is 4.35. The van der Waals surface area contributed by atoms with Crippen LogP contribution in [0.2, 0.25) is 0 Å². The summed E-state index contributed by atoms with van der Waals surface area (Å²) >= 11 is 0. The van der Waals surface area contributed by atoms with E-state index in [1.54, 1.807) is 0 Å². The Morgan fingerprint density at radius 2 is 1.74 bits per heavy atom. The molecular formula is C30H45N. The first kappa shape index (κ1) is 26.8. The van der Waals surface area contributed by atoms with Gasteiger partial charge < -0.3 is 5.32 Å². The Morgan fingerprint density at radius 3 is 2.23 bits per heavy atom. The predicted octanol–water partition coefficient (Wildman–Crippen LogP) is 8.63. The lowest BCUT2D eigenvalue weighted by atomic mass is 9.75. The van der Waals surface area contributed by atoms with Gasteiger partial charge in [0.2, 0.25) is 0 Å². The molecule has 0 saturated heterocycles. The van der Waals surface area contributed by atoms with Crippen molar-refractivity contribution in [2.75, 3.05) is 0 Å². The Morgan fingerprint density at radius 1 is 1.10 bits per heavy atom. The van der Waals surface area contributed by atoms with Crippen molar-refractivity contribution in [2.45, 2.75) is 73.3 Å². The van der Waals surface area contributed by atoms with E-state index in [4.69, 9.17) is 0 Å². The van der Waals surface area contributed by atoms with E-state index in [0.29, 0.717) is 11.8 Å². The van der Waals surface area contributed by atoms with Crippen molar-refractivity contribution in [3.8, 4) is 0 Å². The quantitative estimate of drug-likeness (QED) is 0.233. The molecule has 0 heterocycles. The van der Waals surface area contributed by atoms with Crippen molar-refractivity contribution in [1.29, 1.82) is 0 Å². The molecule has 1 nitrogen and oxygen atoms in total. The molecule has 0 aromatic heterocycles. The Kier molecular flexibility index (Phi) is 10.3. The van der Waals surface area contributed by atoms with Gasteiger partial charge in [0.15, 0.2) is 0 Å². The molecule has 0 fully saturated rings. The highest BCUT2D eigenvalue weighted by Gasteiger charge is 2.36. The lowest BCUT2D eigenvalue weighted by Crippen LogP contribution is -2.32. The maximum Gasteiger partial charge on any atom is 0.0471 e. The van der Waals surface area contributed by atoms with Crippen LogP contribution >= 0.6 is 0 Å². The lowest BCUT2D eigenvalue weighted by molar-refractivity contribution is 0.359. The average Bonchev–Trinajstić information content (AvgIpc) is 3.01. The monoisotopic (exact) mass is 419 g/mol. The SMILES string of the molecule is C=C/C=C\CC1(C(=C)C)CC(C)=C(/C=C(\C=C)C(=C)NC(CC(C)C(C)C)C(=C)C)C1. The molecule has 0 bridgehead atoms. The standard InChI is InChI=1S/C30H45N/c1-12-14-15-16-30(23(7)8)19-25(10)28(20-30)18-27(13-2)26(11)31-29(22(5)6)17-24(9)21(3)4/h12-15,18,21,24,29,31H,1-2,5,7,11,16-17,19-20H2,3-4,6,8-10H3/b15-14-,27-18+. The molecule has 1 aliphatic carbocycles. The molecule has 0 aromatic carbocycles. The van der Waals surface area contributed by atoms with E-state index >= 15 is 0 Å². The zero-order chi connectivity index (χ0) is 23.8. The summed E-state index contributed by atoms with van der Waals surface area (Å²) in [5.74, 6) is 1.25. The summed E-state index contributed by atoms with van der Waals surface area (Å²) < 4.78 is 0. The molecule has 3 unspecified atom stereocenters. The zero-order valence-electron chi connectivity index (χ0n) is 21.0. The van der Waals surface area contributed by atoms with Gasteiger partial charge in [-0.1, -0.05) is 94.7 Å². The van der Waals surface area contributed by atoms with Crippen LogP contribution in [0.4, 0.5) is 0 Å². The van der Waals surface area contributed by atoms with Gasteiger partial charge in [0.05, 0.1) is 0 Å². The minimum Gasteiger partial charge on any atom is -0.379 e. The summed E-state index contributed by atoms with van der Waals surface area (Å²) in [5.41, 5.74) is 7.23. The molecule has 0 aliphatic heterocycles. The van der Waals surface area contributed by atoms with Crippen molar-refractivity contribution in [1.82, 2.24) is 5.32 Å². The molecule has 0 amide bonds. The fourth-order valence-corrected chi connectivity index (χ4v) is 4.16. The second-order valence-electron chi connectivity index (χ2n) is 9.87. The van der Waals surface area contributed by atoms with Gasteiger partial charge in [-0.15, -0.1) is 0 Å². The molecule has 0 aromatic rings. The molecular weight excluding hydrogens is 374 g/mol. The summed E-state index contributed by atoms with van der Waals surface area (Å²) in [4.78, 5) is 0. The van der Waals surface area contributed by atoms with Crippen LogP contribution in [-0.4, -0.2) is 6.04 Å². The Balaban J connectivity index is 3.06. The fraction of sp³-hybridized carbons (Fsp3) is 0.467. The average molecular weight is 420 g/mol. The summed E-state index contributed by atoms with van der Waals surface area (Å²) in [6.07, 6.45) is 14.3. The molecule has 1 rings (SSSR count). The van der Waals surface area contributed by atoms with E-state index in [0.717, 1.165) is 42.5 Å². The molecule has 31 heavy (non-hydrogen) atoms. The second-order valence-corrected chi connectivity index (χ2v) is 9.87. The van der Waals surface area contributed by atoms with Crippen LogP contribution in [0.15, 0.2) is 96.8 Å². The lowest BCUT2D eigenvalue weighted by Gasteiger charge is -2.29. The third kappa shape index (κ3) is 7.42. The van der Waals surface area contributed by atoms with Gasteiger partial charge in [-0.25, -0.2) is 0 Å². The van der Waals surface area contributed by atoms with Gasteiger partial charge in [-0.3, -0.25) is 0 Å². The van der Waals surface area contributed by atoms with Crippen LogP contribution < -0.4 is 5.32 Å². The smallest absolute Gasteiger partial charge is 0.0471 e. The van der Waals surface area contributed by atoms with E-state index < -0.39 is 0 Å². The first-order chi connectivity index (χ1) is 14.5. The van der Waals surface area contributed by atoms with E-state index in [1.807, 2.05) is 18.2 Å².